The van der Waals surface area contributed by atoms with Crippen molar-refractivity contribution in [3.05, 3.63) is 29.0 Å². The molecule has 0 aliphatic rings. The highest BCUT2D eigenvalue weighted by Crippen LogP contribution is 2.07. The fraction of sp³-hybridized carbons (Fsp3) is 0. The molecule has 1 aromatic carbocycles. The van der Waals surface area contributed by atoms with Crippen LogP contribution in [0.15, 0.2) is 18.2 Å². The summed E-state index contributed by atoms with van der Waals surface area (Å²) in [6, 6.07) is 3.39. The van der Waals surface area contributed by atoms with E-state index < -0.39 is 12.9 Å². The molecule has 0 radical (unpaired) electrons. The standard InChI is InChI=1S/C6H5BClFO2.2H2/c8-5-1-4(7(10)11)2-6(9)3-5;;/h1-3,10-11H;2*1H. The first-order valence-corrected chi connectivity index (χ1v) is 3.29. The van der Waals surface area contributed by atoms with Crippen LogP contribution in [0.3, 0.4) is 0 Å². The summed E-state index contributed by atoms with van der Waals surface area (Å²) in [5, 5.41) is 17.4. The van der Waals surface area contributed by atoms with Gasteiger partial charge in [0, 0.05) is 7.88 Å². The summed E-state index contributed by atoms with van der Waals surface area (Å²) >= 11 is 5.43. The van der Waals surface area contributed by atoms with Crippen molar-refractivity contribution in [3.8, 4) is 0 Å². The summed E-state index contributed by atoms with van der Waals surface area (Å²) in [6.07, 6.45) is 0. The Hall–Kier alpha value is -0.575. The number of hydrogen-bond donors (Lipinski definition) is 2. The van der Waals surface area contributed by atoms with E-state index in [0.29, 0.717) is 0 Å². The highest BCUT2D eigenvalue weighted by Gasteiger charge is 2.12. The summed E-state index contributed by atoms with van der Waals surface area (Å²) in [5.74, 6) is -0.583. The third-order valence-corrected chi connectivity index (χ3v) is 1.40. The van der Waals surface area contributed by atoms with Crippen molar-refractivity contribution in [2.45, 2.75) is 0 Å². The largest absolute Gasteiger partial charge is 0.488 e. The van der Waals surface area contributed by atoms with Crippen molar-refractivity contribution in [1.82, 2.24) is 0 Å². The lowest BCUT2D eigenvalue weighted by atomic mass is 9.80. The second kappa shape index (κ2) is 3.22. The van der Waals surface area contributed by atoms with Gasteiger partial charge in [-0.1, -0.05) is 11.6 Å². The van der Waals surface area contributed by atoms with Crippen LogP contribution in [0.2, 0.25) is 5.02 Å². The number of rotatable bonds is 1. The third kappa shape index (κ3) is 2.18. The smallest absolute Gasteiger partial charge is 0.423 e. The fourth-order valence-corrected chi connectivity index (χ4v) is 0.954. The molecule has 1 rings (SSSR count). The van der Waals surface area contributed by atoms with E-state index in [9.17, 15) is 4.39 Å². The molecule has 0 saturated carbocycles. The Morgan fingerprint density at radius 1 is 1.36 bits per heavy atom. The Morgan fingerprint density at radius 3 is 2.45 bits per heavy atom. The summed E-state index contributed by atoms with van der Waals surface area (Å²) in [6.45, 7) is 0. The normalized spacial score (nSPS) is 9.82. The SMILES string of the molecule is OB(O)c1cc(F)cc(Cl)c1.[HH].[HH]. The Morgan fingerprint density at radius 2 is 2.00 bits per heavy atom. The predicted octanol–water partition coefficient (Wildman–Crippen LogP) is 0.651. The lowest BCUT2D eigenvalue weighted by molar-refractivity contribution is 0.425. The van der Waals surface area contributed by atoms with Gasteiger partial charge in [0.2, 0.25) is 0 Å². The Balaban J connectivity index is 0. The van der Waals surface area contributed by atoms with Gasteiger partial charge in [-0.15, -0.1) is 0 Å². The van der Waals surface area contributed by atoms with E-state index in [4.69, 9.17) is 21.6 Å². The monoisotopic (exact) mass is 178 g/mol. The molecule has 0 aliphatic carbocycles. The van der Waals surface area contributed by atoms with Crippen LogP contribution in [-0.4, -0.2) is 17.2 Å². The molecule has 0 aliphatic heterocycles. The summed E-state index contributed by atoms with van der Waals surface area (Å²) in [4.78, 5) is 0. The molecule has 0 atom stereocenters. The average molecular weight is 178 g/mol. The molecule has 0 spiro atoms. The van der Waals surface area contributed by atoms with Gasteiger partial charge in [-0.05, 0) is 23.7 Å². The Bertz CT molecular complexity index is 255. The molecule has 5 heteroatoms. The van der Waals surface area contributed by atoms with E-state index in [2.05, 4.69) is 0 Å². The molecule has 0 bridgehead atoms. The van der Waals surface area contributed by atoms with Crippen LogP contribution >= 0.6 is 11.6 Å². The molecule has 2 N–H and O–H groups in total. The van der Waals surface area contributed by atoms with E-state index in [1.54, 1.807) is 0 Å². The first kappa shape index (κ1) is 8.52. The molecular formula is C6H9BClFO2. The quantitative estimate of drug-likeness (QED) is 0.620. The van der Waals surface area contributed by atoms with Gasteiger partial charge in [0.05, 0.1) is 0 Å². The zero-order valence-electron chi connectivity index (χ0n) is 5.46. The molecule has 0 saturated heterocycles. The van der Waals surface area contributed by atoms with Crippen LogP contribution < -0.4 is 5.46 Å². The van der Waals surface area contributed by atoms with Gasteiger partial charge < -0.3 is 10.0 Å². The maximum Gasteiger partial charge on any atom is 0.488 e. The number of halogens is 2. The zero-order valence-corrected chi connectivity index (χ0v) is 6.22. The second-order valence-electron chi connectivity index (χ2n) is 2.08. The molecule has 0 amide bonds. The van der Waals surface area contributed by atoms with Crippen molar-refractivity contribution in [3.63, 3.8) is 0 Å². The van der Waals surface area contributed by atoms with Crippen molar-refractivity contribution >= 4 is 24.2 Å². The second-order valence-corrected chi connectivity index (χ2v) is 2.51. The molecular weight excluding hydrogens is 169 g/mol. The minimum atomic E-state index is -1.68. The van der Waals surface area contributed by atoms with Crippen molar-refractivity contribution in [2.24, 2.45) is 0 Å². The van der Waals surface area contributed by atoms with E-state index in [-0.39, 0.29) is 13.3 Å². The van der Waals surface area contributed by atoms with Crippen molar-refractivity contribution in [2.75, 3.05) is 0 Å². The topological polar surface area (TPSA) is 40.5 Å². The number of hydrogen-bond acceptors (Lipinski definition) is 2. The first-order valence-electron chi connectivity index (χ1n) is 2.92. The van der Waals surface area contributed by atoms with Crippen LogP contribution in [0.25, 0.3) is 0 Å². The van der Waals surface area contributed by atoms with Crippen LogP contribution in [0, 0.1) is 5.82 Å². The van der Waals surface area contributed by atoms with E-state index in [0.717, 1.165) is 12.1 Å². The van der Waals surface area contributed by atoms with Crippen molar-refractivity contribution in [1.29, 1.82) is 0 Å². The molecule has 0 aromatic heterocycles. The maximum atomic E-state index is 12.5. The van der Waals surface area contributed by atoms with Crippen LogP contribution in [0.5, 0.6) is 0 Å². The highest BCUT2D eigenvalue weighted by molar-refractivity contribution is 6.59. The summed E-state index contributed by atoms with van der Waals surface area (Å²) in [7, 11) is -1.68. The molecule has 0 unspecified atom stereocenters. The summed E-state index contributed by atoms with van der Waals surface area (Å²) < 4.78 is 12.5. The molecule has 0 fully saturated rings. The zero-order chi connectivity index (χ0) is 8.43. The minimum absolute atomic E-state index is 0. The molecule has 1 aromatic rings. The van der Waals surface area contributed by atoms with Gasteiger partial charge in [-0.3, -0.25) is 0 Å². The van der Waals surface area contributed by atoms with Gasteiger partial charge >= 0.3 is 7.12 Å². The molecule has 0 heterocycles. The van der Waals surface area contributed by atoms with E-state index in [1.807, 2.05) is 0 Å². The Kier molecular flexibility index (Phi) is 2.49. The van der Waals surface area contributed by atoms with Crippen molar-refractivity contribution < 1.29 is 17.3 Å². The number of benzene rings is 1. The maximum absolute atomic E-state index is 12.5. The highest BCUT2D eigenvalue weighted by atomic mass is 35.5. The minimum Gasteiger partial charge on any atom is -0.423 e. The molecule has 11 heavy (non-hydrogen) atoms. The lowest BCUT2D eigenvalue weighted by Crippen LogP contribution is -2.29. The summed E-state index contributed by atoms with van der Waals surface area (Å²) in [5.41, 5.74) is 0.0509. The van der Waals surface area contributed by atoms with E-state index in [1.165, 1.54) is 6.07 Å². The van der Waals surface area contributed by atoms with Crippen LogP contribution in [0.1, 0.15) is 2.85 Å². The average Bonchev–Trinajstić information content (AvgIpc) is 1.85. The first-order chi connectivity index (χ1) is 5.09. The van der Waals surface area contributed by atoms with Gasteiger partial charge in [0.25, 0.3) is 0 Å². The molecule has 62 valence electrons. The van der Waals surface area contributed by atoms with Gasteiger partial charge in [0.1, 0.15) is 5.82 Å². The third-order valence-electron chi connectivity index (χ3n) is 1.18. The van der Waals surface area contributed by atoms with Crippen LogP contribution in [0.4, 0.5) is 4.39 Å². The lowest BCUT2D eigenvalue weighted by Gasteiger charge is -1.99. The Labute approximate surface area is 71.4 Å². The van der Waals surface area contributed by atoms with E-state index >= 15 is 0 Å². The molecule has 2 nitrogen and oxygen atoms in total. The van der Waals surface area contributed by atoms with Crippen LogP contribution in [-0.2, 0) is 0 Å². The fourth-order valence-electron chi connectivity index (χ4n) is 0.724. The predicted molar refractivity (Wildman–Crippen MR) is 45.5 cm³/mol. The van der Waals surface area contributed by atoms with Gasteiger partial charge in [0.15, 0.2) is 0 Å². The van der Waals surface area contributed by atoms with Gasteiger partial charge in [-0.25, -0.2) is 4.39 Å². The van der Waals surface area contributed by atoms with Gasteiger partial charge in [-0.2, -0.15) is 0 Å².